The van der Waals surface area contributed by atoms with E-state index in [-0.39, 0.29) is 17.7 Å². The monoisotopic (exact) mass is 371 g/mol. The van der Waals surface area contributed by atoms with Crippen molar-refractivity contribution < 1.29 is 9.59 Å². The minimum atomic E-state index is -0.0606. The van der Waals surface area contributed by atoms with Gasteiger partial charge in [-0.15, -0.1) is 0 Å². The van der Waals surface area contributed by atoms with Gasteiger partial charge < -0.3 is 15.1 Å². The number of hydrogen-bond acceptors (Lipinski definition) is 3. The van der Waals surface area contributed by atoms with Gasteiger partial charge in [-0.05, 0) is 64.3 Å². The zero-order valence-electron chi connectivity index (χ0n) is 16.7. The van der Waals surface area contributed by atoms with Crippen molar-refractivity contribution in [2.45, 2.75) is 52.0 Å². The lowest BCUT2D eigenvalue weighted by Gasteiger charge is -2.39. The van der Waals surface area contributed by atoms with Gasteiger partial charge in [0.25, 0.3) is 5.91 Å². The maximum absolute atomic E-state index is 13.3. The number of nitrogens with one attached hydrogen (secondary N) is 1. The number of aryl methyl sites for hydroxylation is 1. The molecule has 1 atom stereocenters. The van der Waals surface area contributed by atoms with Crippen molar-refractivity contribution in [1.29, 1.82) is 0 Å². The molecule has 0 radical (unpaired) electrons. The van der Waals surface area contributed by atoms with E-state index < -0.39 is 0 Å². The molecule has 0 spiro atoms. The third-order valence-electron chi connectivity index (χ3n) is 5.85. The van der Waals surface area contributed by atoms with Gasteiger partial charge in [-0.1, -0.05) is 24.6 Å². The smallest absolute Gasteiger partial charge is 0.253 e. The molecule has 148 valence electrons. The van der Waals surface area contributed by atoms with Gasteiger partial charge in [0.1, 0.15) is 0 Å². The van der Waals surface area contributed by atoms with Crippen LogP contribution in [0, 0.1) is 12.8 Å². The Labute approximate surface area is 163 Å². The van der Waals surface area contributed by atoms with Gasteiger partial charge in [0.2, 0.25) is 5.91 Å². The van der Waals surface area contributed by atoms with Gasteiger partial charge in [0.05, 0.1) is 5.92 Å². The number of carbonyl (C=O) groups excluding carboxylic acids is 2. The first-order valence-electron chi connectivity index (χ1n) is 10.5. The maximum atomic E-state index is 13.3. The number of rotatable bonds is 5. The summed E-state index contributed by atoms with van der Waals surface area (Å²) in [5.74, 6) is 0.246. The summed E-state index contributed by atoms with van der Waals surface area (Å²) in [6, 6.07) is 8.07. The van der Waals surface area contributed by atoms with Gasteiger partial charge in [0.15, 0.2) is 0 Å². The fourth-order valence-electron chi connectivity index (χ4n) is 4.31. The average Bonchev–Trinajstić information content (AvgIpc) is 2.72. The first-order valence-corrected chi connectivity index (χ1v) is 10.5. The SMILES string of the molecule is CCCN(C(=O)C1CCCN(C(=O)c2ccc(C)cc2)C1)C1CCNCC1. The van der Waals surface area contributed by atoms with Gasteiger partial charge >= 0.3 is 0 Å². The van der Waals surface area contributed by atoms with Gasteiger partial charge in [-0.3, -0.25) is 9.59 Å². The molecule has 27 heavy (non-hydrogen) atoms. The molecule has 1 unspecified atom stereocenters. The molecule has 5 nitrogen and oxygen atoms in total. The third-order valence-corrected chi connectivity index (χ3v) is 5.85. The summed E-state index contributed by atoms with van der Waals surface area (Å²) >= 11 is 0. The molecule has 2 aliphatic rings. The number of benzene rings is 1. The van der Waals surface area contributed by atoms with Crippen molar-refractivity contribution in [2.75, 3.05) is 32.7 Å². The highest BCUT2D eigenvalue weighted by Crippen LogP contribution is 2.24. The van der Waals surface area contributed by atoms with Crippen LogP contribution in [0.25, 0.3) is 0 Å². The van der Waals surface area contributed by atoms with Crippen molar-refractivity contribution in [2.24, 2.45) is 5.92 Å². The van der Waals surface area contributed by atoms with Crippen LogP contribution in [0.2, 0.25) is 0 Å². The quantitative estimate of drug-likeness (QED) is 0.866. The van der Waals surface area contributed by atoms with Crippen LogP contribution in [0.3, 0.4) is 0 Å². The molecule has 1 aromatic rings. The van der Waals surface area contributed by atoms with Crippen LogP contribution in [0.4, 0.5) is 0 Å². The lowest BCUT2D eigenvalue weighted by Crippen LogP contribution is -2.52. The van der Waals surface area contributed by atoms with Crippen LogP contribution in [-0.4, -0.2) is 60.4 Å². The normalized spacial score (nSPS) is 21.1. The van der Waals surface area contributed by atoms with E-state index in [0.717, 1.165) is 69.4 Å². The summed E-state index contributed by atoms with van der Waals surface area (Å²) in [5.41, 5.74) is 1.87. The van der Waals surface area contributed by atoms with E-state index in [0.29, 0.717) is 12.6 Å². The van der Waals surface area contributed by atoms with Crippen molar-refractivity contribution in [3.8, 4) is 0 Å². The van der Waals surface area contributed by atoms with Crippen molar-refractivity contribution in [3.63, 3.8) is 0 Å². The fourth-order valence-corrected chi connectivity index (χ4v) is 4.31. The molecule has 2 fully saturated rings. The second-order valence-corrected chi connectivity index (χ2v) is 7.97. The molecule has 1 aromatic carbocycles. The van der Waals surface area contributed by atoms with Crippen LogP contribution in [0.15, 0.2) is 24.3 Å². The molecule has 0 bridgehead atoms. The summed E-state index contributed by atoms with van der Waals surface area (Å²) in [7, 11) is 0. The van der Waals surface area contributed by atoms with Crippen molar-refractivity contribution >= 4 is 11.8 Å². The molecule has 2 heterocycles. The molecule has 2 aliphatic heterocycles. The highest BCUT2D eigenvalue weighted by molar-refractivity contribution is 5.94. The third kappa shape index (κ3) is 4.89. The summed E-state index contributed by atoms with van der Waals surface area (Å²) in [6.07, 6.45) is 4.84. The van der Waals surface area contributed by atoms with E-state index in [9.17, 15) is 9.59 Å². The second-order valence-electron chi connectivity index (χ2n) is 7.97. The molecule has 0 aromatic heterocycles. The summed E-state index contributed by atoms with van der Waals surface area (Å²) in [4.78, 5) is 30.2. The van der Waals surface area contributed by atoms with E-state index in [2.05, 4.69) is 17.1 Å². The number of likely N-dealkylation sites (tertiary alicyclic amines) is 1. The Morgan fingerprint density at radius 1 is 1.15 bits per heavy atom. The number of hydrogen-bond donors (Lipinski definition) is 1. The van der Waals surface area contributed by atoms with Crippen LogP contribution in [0.1, 0.15) is 54.9 Å². The topological polar surface area (TPSA) is 52.7 Å². The molecule has 2 saturated heterocycles. The Hall–Kier alpha value is -1.88. The molecular formula is C22H33N3O2. The molecule has 5 heteroatoms. The van der Waals surface area contributed by atoms with Crippen LogP contribution >= 0.6 is 0 Å². The van der Waals surface area contributed by atoms with E-state index in [1.165, 1.54) is 0 Å². The van der Waals surface area contributed by atoms with Gasteiger partial charge in [0, 0.05) is 31.2 Å². The molecule has 0 saturated carbocycles. The van der Waals surface area contributed by atoms with Crippen molar-refractivity contribution in [3.05, 3.63) is 35.4 Å². The minimum absolute atomic E-state index is 0.0522. The Bertz CT molecular complexity index is 637. The lowest BCUT2D eigenvalue weighted by molar-refractivity contribution is -0.140. The molecule has 2 amide bonds. The Morgan fingerprint density at radius 2 is 1.85 bits per heavy atom. The first kappa shape index (κ1) is 19.9. The highest BCUT2D eigenvalue weighted by atomic mass is 16.2. The second kappa shape index (κ2) is 9.36. The van der Waals surface area contributed by atoms with E-state index >= 15 is 0 Å². The zero-order valence-corrected chi connectivity index (χ0v) is 16.7. The Morgan fingerprint density at radius 3 is 2.52 bits per heavy atom. The van der Waals surface area contributed by atoms with E-state index in [1.54, 1.807) is 0 Å². The number of piperidine rings is 2. The number of nitrogens with zero attached hydrogens (tertiary/aromatic N) is 2. The van der Waals surface area contributed by atoms with E-state index in [1.807, 2.05) is 36.1 Å². The van der Waals surface area contributed by atoms with E-state index in [4.69, 9.17) is 0 Å². The highest BCUT2D eigenvalue weighted by Gasteiger charge is 2.34. The summed E-state index contributed by atoms with van der Waals surface area (Å²) in [6.45, 7) is 8.25. The molecule has 3 rings (SSSR count). The predicted octanol–water partition coefficient (Wildman–Crippen LogP) is 2.84. The predicted molar refractivity (Wildman–Crippen MR) is 108 cm³/mol. The maximum Gasteiger partial charge on any atom is 0.253 e. The Balaban J connectivity index is 1.67. The minimum Gasteiger partial charge on any atom is -0.339 e. The Kier molecular flexibility index (Phi) is 6.89. The van der Waals surface area contributed by atoms with Crippen LogP contribution in [-0.2, 0) is 4.79 Å². The molecule has 1 N–H and O–H groups in total. The number of amides is 2. The van der Waals surface area contributed by atoms with Gasteiger partial charge in [-0.25, -0.2) is 0 Å². The van der Waals surface area contributed by atoms with Crippen LogP contribution in [0.5, 0.6) is 0 Å². The standard InChI is InChI=1S/C22H33N3O2/c1-3-14-25(20-10-12-23-13-11-20)22(27)19-5-4-15-24(16-19)21(26)18-8-6-17(2)7-9-18/h6-9,19-20,23H,3-5,10-16H2,1-2H3. The lowest BCUT2D eigenvalue weighted by atomic mass is 9.93. The van der Waals surface area contributed by atoms with Crippen LogP contribution < -0.4 is 5.32 Å². The van der Waals surface area contributed by atoms with Crippen molar-refractivity contribution in [1.82, 2.24) is 15.1 Å². The largest absolute Gasteiger partial charge is 0.339 e. The average molecular weight is 372 g/mol. The molecular weight excluding hydrogens is 338 g/mol. The zero-order chi connectivity index (χ0) is 19.2. The molecule has 0 aliphatic carbocycles. The summed E-state index contributed by atoms with van der Waals surface area (Å²) < 4.78 is 0. The first-order chi connectivity index (χ1) is 13.1. The fraction of sp³-hybridized carbons (Fsp3) is 0.636. The number of carbonyl (C=O) groups is 2. The summed E-state index contributed by atoms with van der Waals surface area (Å²) in [5, 5.41) is 3.38. The van der Waals surface area contributed by atoms with Gasteiger partial charge in [-0.2, -0.15) is 0 Å².